The summed E-state index contributed by atoms with van der Waals surface area (Å²) in [6, 6.07) is 14.2. The van der Waals surface area contributed by atoms with E-state index in [1.54, 1.807) is 7.11 Å². The van der Waals surface area contributed by atoms with Gasteiger partial charge < -0.3 is 10.1 Å². The van der Waals surface area contributed by atoms with Gasteiger partial charge in [0.05, 0.1) is 18.8 Å². The molecule has 4 heteroatoms. The molecule has 0 saturated heterocycles. The summed E-state index contributed by atoms with van der Waals surface area (Å²) in [6.45, 7) is 1.60. The van der Waals surface area contributed by atoms with Crippen molar-refractivity contribution in [3.63, 3.8) is 0 Å². The minimum Gasteiger partial charge on any atom is -0.497 e. The highest BCUT2D eigenvalue weighted by atomic mass is 16.5. The molecule has 0 bridgehead atoms. The molecule has 1 aromatic carbocycles. The Kier molecular flexibility index (Phi) is 3.65. The molecule has 0 unspecified atom stereocenters. The average Bonchev–Trinajstić information content (AvgIpc) is 2.91. The zero-order chi connectivity index (χ0) is 13.8. The van der Waals surface area contributed by atoms with E-state index in [1.807, 2.05) is 47.2 Å². The Balaban J connectivity index is 1.65. The van der Waals surface area contributed by atoms with Crippen LogP contribution >= 0.6 is 0 Å². The van der Waals surface area contributed by atoms with Crippen LogP contribution in [-0.2, 0) is 13.1 Å². The molecule has 0 atom stereocenters. The summed E-state index contributed by atoms with van der Waals surface area (Å²) in [4.78, 5) is 0. The van der Waals surface area contributed by atoms with Crippen molar-refractivity contribution in [2.45, 2.75) is 13.1 Å². The number of fused-ring (bicyclic) bond motifs is 1. The van der Waals surface area contributed by atoms with Crippen molar-refractivity contribution < 1.29 is 4.74 Å². The Hall–Kier alpha value is -2.33. The van der Waals surface area contributed by atoms with E-state index in [0.717, 1.165) is 24.4 Å². The second-order valence-corrected chi connectivity index (χ2v) is 4.66. The molecule has 0 aliphatic heterocycles. The van der Waals surface area contributed by atoms with Crippen LogP contribution < -0.4 is 10.1 Å². The minimum absolute atomic E-state index is 0.796. The molecule has 2 heterocycles. The van der Waals surface area contributed by atoms with E-state index in [1.165, 1.54) is 11.1 Å². The van der Waals surface area contributed by atoms with Crippen molar-refractivity contribution in [2.24, 2.45) is 0 Å². The first-order chi connectivity index (χ1) is 9.86. The highest BCUT2D eigenvalue weighted by molar-refractivity contribution is 5.53. The molecule has 0 aliphatic rings. The second kappa shape index (κ2) is 5.75. The van der Waals surface area contributed by atoms with Gasteiger partial charge in [0.15, 0.2) is 0 Å². The summed E-state index contributed by atoms with van der Waals surface area (Å²) in [5.74, 6) is 0.889. The number of aromatic nitrogens is 2. The van der Waals surface area contributed by atoms with Crippen molar-refractivity contribution >= 4 is 5.52 Å². The number of ether oxygens (including phenoxy) is 1. The third-order valence-electron chi connectivity index (χ3n) is 3.28. The molecule has 0 amide bonds. The van der Waals surface area contributed by atoms with Gasteiger partial charge in [-0.15, -0.1) is 0 Å². The summed E-state index contributed by atoms with van der Waals surface area (Å²) < 4.78 is 7.12. The number of hydrogen-bond acceptors (Lipinski definition) is 3. The molecular formula is C16H17N3O. The number of rotatable bonds is 5. The van der Waals surface area contributed by atoms with Crippen LogP contribution in [0.4, 0.5) is 0 Å². The number of nitrogens with one attached hydrogen (secondary N) is 1. The van der Waals surface area contributed by atoms with Crippen LogP contribution in [0.25, 0.3) is 5.52 Å². The Labute approximate surface area is 118 Å². The van der Waals surface area contributed by atoms with Crippen LogP contribution in [0.1, 0.15) is 11.1 Å². The van der Waals surface area contributed by atoms with E-state index in [9.17, 15) is 0 Å². The maximum absolute atomic E-state index is 5.22. The van der Waals surface area contributed by atoms with Crippen molar-refractivity contribution in [3.05, 3.63) is 66.0 Å². The summed E-state index contributed by atoms with van der Waals surface area (Å²) in [7, 11) is 1.69. The summed E-state index contributed by atoms with van der Waals surface area (Å²) in [5, 5.41) is 7.77. The van der Waals surface area contributed by atoms with Crippen LogP contribution in [0.2, 0.25) is 0 Å². The van der Waals surface area contributed by atoms with Crippen molar-refractivity contribution in [1.82, 2.24) is 14.9 Å². The Bertz CT molecular complexity index is 706. The molecule has 1 N–H and O–H groups in total. The SMILES string of the molecule is COc1cccc(CNCc2cnn3ccccc23)c1. The number of pyridine rings is 1. The molecular weight excluding hydrogens is 250 g/mol. The lowest BCUT2D eigenvalue weighted by Gasteiger charge is -2.06. The molecule has 0 saturated carbocycles. The fourth-order valence-electron chi connectivity index (χ4n) is 2.25. The third-order valence-corrected chi connectivity index (χ3v) is 3.28. The lowest BCUT2D eigenvalue weighted by molar-refractivity contribution is 0.414. The van der Waals surface area contributed by atoms with Crippen molar-refractivity contribution in [3.8, 4) is 5.75 Å². The number of nitrogens with zero attached hydrogens (tertiary/aromatic N) is 2. The molecule has 102 valence electrons. The molecule has 4 nitrogen and oxygen atoms in total. The van der Waals surface area contributed by atoms with E-state index in [-0.39, 0.29) is 0 Å². The molecule has 0 radical (unpaired) electrons. The zero-order valence-electron chi connectivity index (χ0n) is 11.4. The van der Waals surface area contributed by atoms with Gasteiger partial charge in [0.2, 0.25) is 0 Å². The molecule has 0 spiro atoms. The van der Waals surface area contributed by atoms with Crippen LogP contribution in [0.3, 0.4) is 0 Å². The Morgan fingerprint density at radius 1 is 1.15 bits per heavy atom. The Morgan fingerprint density at radius 3 is 3.00 bits per heavy atom. The van der Waals surface area contributed by atoms with Crippen LogP contribution in [0.15, 0.2) is 54.9 Å². The summed E-state index contributed by atoms with van der Waals surface area (Å²) in [6.07, 6.45) is 3.87. The first-order valence-electron chi connectivity index (χ1n) is 6.62. The van der Waals surface area contributed by atoms with E-state index in [0.29, 0.717) is 0 Å². The number of hydrogen-bond donors (Lipinski definition) is 1. The predicted molar refractivity (Wildman–Crippen MR) is 78.7 cm³/mol. The highest BCUT2D eigenvalue weighted by Crippen LogP contribution is 2.13. The van der Waals surface area contributed by atoms with E-state index >= 15 is 0 Å². The lowest BCUT2D eigenvalue weighted by atomic mass is 10.2. The maximum atomic E-state index is 5.22. The van der Waals surface area contributed by atoms with E-state index < -0.39 is 0 Å². The van der Waals surface area contributed by atoms with E-state index in [2.05, 4.69) is 22.5 Å². The van der Waals surface area contributed by atoms with Gasteiger partial charge in [-0.3, -0.25) is 0 Å². The molecule has 0 fully saturated rings. The van der Waals surface area contributed by atoms with Gasteiger partial charge in [-0.2, -0.15) is 5.10 Å². The molecule has 3 aromatic rings. The zero-order valence-corrected chi connectivity index (χ0v) is 11.4. The van der Waals surface area contributed by atoms with Gasteiger partial charge >= 0.3 is 0 Å². The normalized spacial score (nSPS) is 10.8. The van der Waals surface area contributed by atoms with Gasteiger partial charge in [0, 0.05) is 24.8 Å². The van der Waals surface area contributed by atoms with Crippen LogP contribution in [0.5, 0.6) is 5.75 Å². The van der Waals surface area contributed by atoms with Crippen molar-refractivity contribution in [2.75, 3.05) is 7.11 Å². The number of benzene rings is 1. The topological polar surface area (TPSA) is 38.6 Å². The smallest absolute Gasteiger partial charge is 0.119 e. The standard InChI is InChI=1S/C16H17N3O/c1-20-15-6-4-5-13(9-15)10-17-11-14-12-18-19-8-3-2-7-16(14)19/h2-9,12,17H,10-11H2,1H3. The van der Waals surface area contributed by atoms with Gasteiger partial charge in [-0.1, -0.05) is 18.2 Å². The first kappa shape index (κ1) is 12.7. The van der Waals surface area contributed by atoms with Gasteiger partial charge in [0.25, 0.3) is 0 Å². The minimum atomic E-state index is 0.796. The fraction of sp³-hybridized carbons (Fsp3) is 0.188. The molecule has 3 rings (SSSR count). The quantitative estimate of drug-likeness (QED) is 0.772. The monoisotopic (exact) mass is 267 g/mol. The second-order valence-electron chi connectivity index (χ2n) is 4.66. The summed E-state index contributed by atoms with van der Waals surface area (Å²) in [5.41, 5.74) is 3.56. The van der Waals surface area contributed by atoms with Gasteiger partial charge in [-0.05, 0) is 29.8 Å². The first-order valence-corrected chi connectivity index (χ1v) is 6.62. The van der Waals surface area contributed by atoms with E-state index in [4.69, 9.17) is 4.74 Å². The lowest BCUT2D eigenvalue weighted by Crippen LogP contribution is -2.12. The van der Waals surface area contributed by atoms with Crippen LogP contribution in [0, 0.1) is 0 Å². The van der Waals surface area contributed by atoms with Gasteiger partial charge in [0.1, 0.15) is 5.75 Å². The fourth-order valence-corrected chi connectivity index (χ4v) is 2.25. The van der Waals surface area contributed by atoms with Crippen molar-refractivity contribution in [1.29, 1.82) is 0 Å². The molecule has 2 aromatic heterocycles. The largest absolute Gasteiger partial charge is 0.497 e. The molecule has 20 heavy (non-hydrogen) atoms. The van der Waals surface area contributed by atoms with Crippen LogP contribution in [-0.4, -0.2) is 16.7 Å². The number of methoxy groups -OCH3 is 1. The highest BCUT2D eigenvalue weighted by Gasteiger charge is 2.02. The predicted octanol–water partition coefficient (Wildman–Crippen LogP) is 2.63. The summed E-state index contributed by atoms with van der Waals surface area (Å²) >= 11 is 0. The Morgan fingerprint density at radius 2 is 2.10 bits per heavy atom. The third kappa shape index (κ3) is 2.65. The molecule has 0 aliphatic carbocycles. The maximum Gasteiger partial charge on any atom is 0.119 e. The average molecular weight is 267 g/mol. The van der Waals surface area contributed by atoms with Gasteiger partial charge in [-0.25, -0.2) is 4.52 Å².